The monoisotopic (exact) mass is 309 g/mol. The van der Waals surface area contributed by atoms with Gasteiger partial charge in [-0.15, -0.1) is 0 Å². The molecule has 1 aromatic carbocycles. The number of rotatable bonds is 4. The number of nitrogens with zero attached hydrogens (tertiary/aromatic N) is 2. The summed E-state index contributed by atoms with van der Waals surface area (Å²) in [5, 5.41) is 9.45. The van der Waals surface area contributed by atoms with Crippen molar-refractivity contribution in [2.45, 2.75) is 25.3 Å². The van der Waals surface area contributed by atoms with Crippen LogP contribution < -0.4 is 16.0 Å². The van der Waals surface area contributed by atoms with E-state index >= 15 is 0 Å². The summed E-state index contributed by atoms with van der Waals surface area (Å²) < 4.78 is 0. The highest BCUT2D eigenvalue weighted by molar-refractivity contribution is 5.95. The van der Waals surface area contributed by atoms with Crippen molar-refractivity contribution < 1.29 is 4.79 Å². The quantitative estimate of drug-likeness (QED) is 0.807. The minimum absolute atomic E-state index is 0.0434. The van der Waals surface area contributed by atoms with Gasteiger partial charge in [-0.3, -0.25) is 4.79 Å². The molecule has 2 fully saturated rings. The summed E-state index contributed by atoms with van der Waals surface area (Å²) in [7, 11) is 0. The maximum atomic E-state index is 12.4. The number of aromatic nitrogens is 2. The molecular weight excluding hydrogens is 290 g/mol. The van der Waals surface area contributed by atoms with E-state index in [0.29, 0.717) is 11.4 Å². The van der Waals surface area contributed by atoms with E-state index in [1.54, 1.807) is 18.5 Å². The first-order valence-electron chi connectivity index (χ1n) is 7.91. The molecule has 1 saturated heterocycles. The maximum absolute atomic E-state index is 12.4. The van der Waals surface area contributed by atoms with Crippen molar-refractivity contribution in [3.05, 3.63) is 42.7 Å². The molecule has 1 spiro atoms. The third-order valence-corrected chi connectivity index (χ3v) is 4.59. The summed E-state index contributed by atoms with van der Waals surface area (Å²) in [4.78, 5) is 20.6. The molecule has 2 aliphatic rings. The van der Waals surface area contributed by atoms with Crippen LogP contribution in [-0.2, 0) is 4.79 Å². The van der Waals surface area contributed by atoms with Crippen LogP contribution in [0.1, 0.15) is 19.3 Å². The molecule has 0 bridgehead atoms. The lowest BCUT2D eigenvalue weighted by atomic mass is 10.0. The zero-order valence-electron chi connectivity index (χ0n) is 12.7. The van der Waals surface area contributed by atoms with E-state index in [-0.39, 0.29) is 11.9 Å². The van der Waals surface area contributed by atoms with Crippen LogP contribution >= 0.6 is 0 Å². The Hall–Kier alpha value is -2.47. The molecule has 1 aliphatic heterocycles. The average molecular weight is 309 g/mol. The van der Waals surface area contributed by atoms with Crippen molar-refractivity contribution in [3.8, 4) is 0 Å². The third-order valence-electron chi connectivity index (χ3n) is 4.59. The van der Waals surface area contributed by atoms with Gasteiger partial charge >= 0.3 is 0 Å². The van der Waals surface area contributed by atoms with E-state index in [2.05, 4.69) is 25.9 Å². The molecule has 1 unspecified atom stereocenters. The highest BCUT2D eigenvalue weighted by atomic mass is 16.2. The second kappa shape index (κ2) is 5.62. The molecule has 1 aliphatic carbocycles. The largest absolute Gasteiger partial charge is 0.325 e. The van der Waals surface area contributed by atoms with Gasteiger partial charge in [-0.05, 0) is 48.9 Å². The summed E-state index contributed by atoms with van der Waals surface area (Å²) in [6, 6.07) is 9.27. The molecule has 1 aromatic heterocycles. The summed E-state index contributed by atoms with van der Waals surface area (Å²) in [5.41, 5.74) is 2.03. The Morgan fingerprint density at radius 2 is 1.96 bits per heavy atom. The average Bonchev–Trinajstić information content (AvgIpc) is 3.17. The van der Waals surface area contributed by atoms with Crippen LogP contribution in [-0.4, -0.2) is 28.5 Å². The lowest BCUT2D eigenvalue weighted by Gasteiger charge is -2.12. The summed E-state index contributed by atoms with van der Waals surface area (Å²) in [6.07, 6.45) is 6.82. The summed E-state index contributed by atoms with van der Waals surface area (Å²) >= 11 is 0. The number of nitrogens with one attached hydrogen (secondary N) is 3. The first kappa shape index (κ1) is 14.1. The third kappa shape index (κ3) is 3.17. The van der Waals surface area contributed by atoms with Crippen LogP contribution in [0, 0.1) is 5.41 Å². The molecule has 6 heteroatoms. The highest BCUT2D eigenvalue weighted by Gasteiger charge is 2.49. The Morgan fingerprint density at radius 3 is 2.70 bits per heavy atom. The minimum Gasteiger partial charge on any atom is -0.325 e. The predicted molar refractivity (Wildman–Crippen MR) is 88.5 cm³/mol. The number of carbonyl (C=O) groups excluding carboxylic acids is 1. The minimum atomic E-state index is -0.0772. The van der Waals surface area contributed by atoms with Gasteiger partial charge < -0.3 is 16.0 Å². The zero-order chi connectivity index (χ0) is 15.7. The number of hydrogen-bond acceptors (Lipinski definition) is 5. The van der Waals surface area contributed by atoms with Gasteiger partial charge in [0.2, 0.25) is 11.9 Å². The number of carbonyl (C=O) groups is 1. The van der Waals surface area contributed by atoms with Crippen LogP contribution in [0.5, 0.6) is 0 Å². The van der Waals surface area contributed by atoms with Crippen LogP contribution in [0.3, 0.4) is 0 Å². The van der Waals surface area contributed by atoms with Gasteiger partial charge in [0, 0.05) is 30.3 Å². The van der Waals surface area contributed by atoms with Crippen LogP contribution in [0.25, 0.3) is 0 Å². The predicted octanol–water partition coefficient (Wildman–Crippen LogP) is 2.30. The number of anilines is 3. The van der Waals surface area contributed by atoms with Gasteiger partial charge in [-0.25, -0.2) is 9.97 Å². The molecule has 1 amide bonds. The molecule has 23 heavy (non-hydrogen) atoms. The van der Waals surface area contributed by atoms with Crippen molar-refractivity contribution in [2.24, 2.45) is 5.41 Å². The van der Waals surface area contributed by atoms with E-state index in [9.17, 15) is 4.79 Å². The SMILES string of the molecule is O=C(Nc1cccc(Nc2ncccn2)c1)C1CC2(CC2)CN1. The van der Waals surface area contributed by atoms with Gasteiger partial charge in [0.25, 0.3) is 0 Å². The molecule has 2 aromatic rings. The molecule has 6 nitrogen and oxygen atoms in total. The van der Waals surface area contributed by atoms with Crippen LogP contribution in [0.15, 0.2) is 42.7 Å². The second-order valence-corrected chi connectivity index (χ2v) is 6.41. The van der Waals surface area contributed by atoms with Gasteiger partial charge in [-0.1, -0.05) is 6.07 Å². The molecule has 118 valence electrons. The fourth-order valence-corrected chi connectivity index (χ4v) is 3.06. The zero-order valence-corrected chi connectivity index (χ0v) is 12.7. The van der Waals surface area contributed by atoms with E-state index in [1.165, 1.54) is 12.8 Å². The molecule has 3 N–H and O–H groups in total. The Bertz CT molecular complexity index is 714. The lowest BCUT2D eigenvalue weighted by Crippen LogP contribution is -2.35. The van der Waals surface area contributed by atoms with Gasteiger partial charge in [0.15, 0.2) is 0 Å². The maximum Gasteiger partial charge on any atom is 0.241 e. The van der Waals surface area contributed by atoms with E-state index in [4.69, 9.17) is 0 Å². The Balaban J connectivity index is 1.41. The highest BCUT2D eigenvalue weighted by Crippen LogP contribution is 2.51. The number of amides is 1. The van der Waals surface area contributed by atoms with Crippen LogP contribution in [0.2, 0.25) is 0 Å². The summed E-state index contributed by atoms with van der Waals surface area (Å²) in [6.45, 7) is 0.970. The van der Waals surface area contributed by atoms with Crippen molar-refractivity contribution in [1.29, 1.82) is 0 Å². The van der Waals surface area contributed by atoms with Crippen molar-refractivity contribution in [2.75, 3.05) is 17.2 Å². The van der Waals surface area contributed by atoms with Gasteiger partial charge in [0.05, 0.1) is 6.04 Å². The van der Waals surface area contributed by atoms with E-state index in [0.717, 1.165) is 24.3 Å². The molecular formula is C17H19N5O. The standard InChI is InChI=1S/C17H19N5O/c23-15(14-10-17(5-6-17)11-20-14)21-12-3-1-4-13(9-12)22-16-18-7-2-8-19-16/h1-4,7-9,14,20H,5-6,10-11H2,(H,21,23)(H,18,19,22). The topological polar surface area (TPSA) is 78.9 Å². The lowest BCUT2D eigenvalue weighted by molar-refractivity contribution is -0.117. The second-order valence-electron chi connectivity index (χ2n) is 6.41. The van der Waals surface area contributed by atoms with Crippen molar-refractivity contribution in [3.63, 3.8) is 0 Å². The van der Waals surface area contributed by atoms with E-state index < -0.39 is 0 Å². The molecule has 4 rings (SSSR count). The number of hydrogen-bond donors (Lipinski definition) is 3. The molecule has 1 saturated carbocycles. The normalized spacial score (nSPS) is 21.1. The Kier molecular flexibility index (Phi) is 3.46. The molecule has 0 radical (unpaired) electrons. The Labute approximate surface area is 134 Å². The fourth-order valence-electron chi connectivity index (χ4n) is 3.06. The molecule has 2 heterocycles. The van der Waals surface area contributed by atoms with Crippen molar-refractivity contribution in [1.82, 2.24) is 15.3 Å². The van der Waals surface area contributed by atoms with Crippen molar-refractivity contribution >= 4 is 23.2 Å². The van der Waals surface area contributed by atoms with E-state index in [1.807, 2.05) is 24.3 Å². The molecule has 1 atom stereocenters. The Morgan fingerprint density at radius 1 is 1.17 bits per heavy atom. The number of benzene rings is 1. The fraction of sp³-hybridized carbons (Fsp3) is 0.353. The van der Waals surface area contributed by atoms with Gasteiger partial charge in [-0.2, -0.15) is 0 Å². The van der Waals surface area contributed by atoms with Gasteiger partial charge in [0.1, 0.15) is 0 Å². The summed E-state index contributed by atoms with van der Waals surface area (Å²) in [5.74, 6) is 0.575. The smallest absolute Gasteiger partial charge is 0.241 e. The van der Waals surface area contributed by atoms with Crippen LogP contribution in [0.4, 0.5) is 17.3 Å². The first-order chi connectivity index (χ1) is 11.2. The first-order valence-corrected chi connectivity index (χ1v) is 7.91.